The molecule has 11 heavy (non-hydrogen) atoms. The summed E-state index contributed by atoms with van der Waals surface area (Å²) in [6.07, 6.45) is 4.06. The van der Waals surface area contributed by atoms with E-state index in [0.717, 1.165) is 0 Å². The molecular weight excluding hydrogens is 142 g/mol. The molecule has 2 atom stereocenters. The van der Waals surface area contributed by atoms with Crippen molar-refractivity contribution < 1.29 is 4.79 Å². The van der Waals surface area contributed by atoms with Gasteiger partial charge in [0, 0.05) is 12.1 Å². The molecule has 2 amide bonds. The molecule has 4 heteroatoms. The third-order valence-electron chi connectivity index (χ3n) is 1.78. The zero-order valence-electron chi connectivity index (χ0n) is 6.74. The molecule has 62 valence electrons. The first-order chi connectivity index (χ1) is 5.11. The average Bonchev–Trinajstić information content (AvgIpc) is 2.18. The van der Waals surface area contributed by atoms with E-state index in [1.54, 1.807) is 0 Å². The molecule has 0 bridgehead atoms. The number of nitrogens with two attached hydrogens (primary N) is 1. The van der Waals surface area contributed by atoms with Gasteiger partial charge in [0.15, 0.2) is 0 Å². The molecule has 1 aliphatic heterocycles. The van der Waals surface area contributed by atoms with Crippen molar-refractivity contribution in [1.82, 2.24) is 10.4 Å². The lowest BCUT2D eigenvalue weighted by molar-refractivity contribution is 0.155. The van der Waals surface area contributed by atoms with Crippen molar-refractivity contribution in [2.75, 3.05) is 0 Å². The predicted octanol–water partition coefficient (Wildman–Crippen LogP) is 0.219. The van der Waals surface area contributed by atoms with Crippen LogP contribution in [0.4, 0.5) is 4.79 Å². The van der Waals surface area contributed by atoms with E-state index in [1.807, 2.05) is 31.0 Å². The summed E-state index contributed by atoms with van der Waals surface area (Å²) in [4.78, 5) is 10.5. The first kappa shape index (κ1) is 8.07. The maximum Gasteiger partial charge on any atom is 0.326 e. The highest BCUT2D eigenvalue weighted by molar-refractivity contribution is 5.71. The van der Waals surface area contributed by atoms with Gasteiger partial charge in [-0.3, -0.25) is 5.43 Å². The summed E-state index contributed by atoms with van der Waals surface area (Å²) in [7, 11) is 0. The third kappa shape index (κ3) is 1.71. The number of urea groups is 1. The minimum Gasteiger partial charge on any atom is -0.351 e. The fourth-order valence-electron chi connectivity index (χ4n) is 1.21. The van der Waals surface area contributed by atoms with Gasteiger partial charge in [-0.1, -0.05) is 12.2 Å². The van der Waals surface area contributed by atoms with E-state index in [9.17, 15) is 4.79 Å². The minimum absolute atomic E-state index is 0.234. The Morgan fingerprint density at radius 3 is 2.27 bits per heavy atom. The first-order valence-electron chi connectivity index (χ1n) is 3.64. The molecular formula is C7H13N3O. The average molecular weight is 155 g/mol. The van der Waals surface area contributed by atoms with Gasteiger partial charge in [0.05, 0.1) is 0 Å². The number of carbonyl (C=O) groups excluding carboxylic acids is 1. The third-order valence-corrected chi connectivity index (χ3v) is 1.78. The van der Waals surface area contributed by atoms with Crippen molar-refractivity contribution in [2.24, 2.45) is 5.73 Å². The number of rotatable bonds is 1. The van der Waals surface area contributed by atoms with Gasteiger partial charge in [0.1, 0.15) is 0 Å². The second-order valence-corrected chi connectivity index (χ2v) is 2.75. The summed E-state index contributed by atoms with van der Waals surface area (Å²) >= 11 is 0. The number of primary amides is 1. The van der Waals surface area contributed by atoms with Gasteiger partial charge < -0.3 is 5.73 Å². The Bertz CT molecular complexity index is 178. The Labute approximate surface area is 66.0 Å². The highest BCUT2D eigenvalue weighted by atomic mass is 16.2. The maximum absolute atomic E-state index is 10.5. The topological polar surface area (TPSA) is 58.4 Å². The lowest BCUT2D eigenvalue weighted by atomic mass is 10.4. The molecule has 0 aromatic rings. The van der Waals surface area contributed by atoms with E-state index in [2.05, 4.69) is 5.43 Å². The van der Waals surface area contributed by atoms with E-state index in [-0.39, 0.29) is 12.1 Å². The monoisotopic (exact) mass is 155 g/mol. The van der Waals surface area contributed by atoms with Gasteiger partial charge in [-0.2, -0.15) is 0 Å². The second-order valence-electron chi connectivity index (χ2n) is 2.75. The highest BCUT2D eigenvalue weighted by Crippen LogP contribution is 2.12. The lowest BCUT2D eigenvalue weighted by Crippen LogP contribution is -2.50. The molecule has 0 aliphatic carbocycles. The number of amides is 2. The predicted molar refractivity (Wildman–Crippen MR) is 42.6 cm³/mol. The van der Waals surface area contributed by atoms with Gasteiger partial charge in [-0.25, -0.2) is 9.80 Å². The van der Waals surface area contributed by atoms with Crippen LogP contribution < -0.4 is 11.2 Å². The van der Waals surface area contributed by atoms with Gasteiger partial charge in [-0.15, -0.1) is 0 Å². The molecule has 2 unspecified atom stereocenters. The Morgan fingerprint density at radius 1 is 1.45 bits per heavy atom. The summed E-state index contributed by atoms with van der Waals surface area (Å²) in [6.45, 7) is 3.99. The molecule has 0 fully saturated rings. The Morgan fingerprint density at radius 2 is 1.91 bits per heavy atom. The van der Waals surface area contributed by atoms with Crippen LogP contribution in [0, 0.1) is 0 Å². The van der Waals surface area contributed by atoms with Crippen LogP contribution >= 0.6 is 0 Å². The first-order valence-corrected chi connectivity index (χ1v) is 3.64. The minimum atomic E-state index is -0.507. The van der Waals surface area contributed by atoms with Crippen LogP contribution in [-0.4, -0.2) is 23.1 Å². The van der Waals surface area contributed by atoms with Crippen LogP contribution in [0.25, 0.3) is 0 Å². The zero-order valence-corrected chi connectivity index (χ0v) is 6.74. The maximum atomic E-state index is 10.5. The van der Waals surface area contributed by atoms with Gasteiger partial charge in [-0.05, 0) is 13.8 Å². The number of nitrogens with one attached hydrogen (secondary N) is 1. The molecule has 0 radical (unpaired) electrons. The quantitative estimate of drug-likeness (QED) is 0.532. The van der Waals surface area contributed by atoms with Crippen molar-refractivity contribution >= 4 is 6.03 Å². The van der Waals surface area contributed by atoms with E-state index >= 15 is 0 Å². The van der Waals surface area contributed by atoms with Crippen LogP contribution in [0.3, 0.4) is 0 Å². The van der Waals surface area contributed by atoms with Gasteiger partial charge in [0.25, 0.3) is 0 Å². The fourth-order valence-corrected chi connectivity index (χ4v) is 1.21. The number of carbonyl (C=O) groups is 1. The summed E-state index contributed by atoms with van der Waals surface area (Å²) in [5, 5.41) is 1.81. The molecule has 0 spiro atoms. The molecule has 3 N–H and O–H groups in total. The number of hydrogen-bond acceptors (Lipinski definition) is 2. The smallest absolute Gasteiger partial charge is 0.326 e. The molecule has 4 nitrogen and oxygen atoms in total. The molecule has 1 heterocycles. The standard InChI is InChI=1S/C7H13N3O/c1-5-3-4-6(2)10(5)9-7(8)11/h3-6H,1-2H3,(H3,8,9,11). The number of nitrogens with zero attached hydrogens (tertiary/aromatic N) is 1. The lowest BCUT2D eigenvalue weighted by Gasteiger charge is -2.25. The van der Waals surface area contributed by atoms with Crippen molar-refractivity contribution in [3.63, 3.8) is 0 Å². The van der Waals surface area contributed by atoms with E-state index < -0.39 is 6.03 Å². The molecule has 1 aliphatic rings. The van der Waals surface area contributed by atoms with Crippen molar-refractivity contribution in [2.45, 2.75) is 25.9 Å². The van der Waals surface area contributed by atoms with E-state index in [1.165, 1.54) is 0 Å². The number of hydrazine groups is 1. The van der Waals surface area contributed by atoms with Crippen LogP contribution in [0.1, 0.15) is 13.8 Å². The summed E-state index contributed by atoms with van der Waals surface area (Å²) in [5.74, 6) is 0. The van der Waals surface area contributed by atoms with Crippen LogP contribution in [-0.2, 0) is 0 Å². The highest BCUT2D eigenvalue weighted by Gasteiger charge is 2.22. The Balaban J connectivity index is 2.52. The Hall–Kier alpha value is -1.03. The number of hydrogen-bond donors (Lipinski definition) is 2. The molecule has 0 aromatic heterocycles. The van der Waals surface area contributed by atoms with Crippen LogP contribution in [0.2, 0.25) is 0 Å². The van der Waals surface area contributed by atoms with Gasteiger partial charge in [0.2, 0.25) is 0 Å². The van der Waals surface area contributed by atoms with Gasteiger partial charge >= 0.3 is 6.03 Å². The molecule has 0 saturated carbocycles. The summed E-state index contributed by atoms with van der Waals surface area (Å²) in [5.41, 5.74) is 7.53. The molecule has 0 saturated heterocycles. The zero-order chi connectivity index (χ0) is 8.43. The largest absolute Gasteiger partial charge is 0.351 e. The van der Waals surface area contributed by atoms with Crippen LogP contribution in [0.5, 0.6) is 0 Å². The molecule has 1 rings (SSSR count). The van der Waals surface area contributed by atoms with E-state index in [0.29, 0.717) is 0 Å². The Kier molecular flexibility index (Phi) is 2.14. The fraction of sp³-hybridized carbons (Fsp3) is 0.571. The van der Waals surface area contributed by atoms with Crippen molar-refractivity contribution in [3.05, 3.63) is 12.2 Å². The second kappa shape index (κ2) is 2.92. The SMILES string of the molecule is CC1C=CC(C)N1NC(N)=O. The molecule has 0 aromatic carbocycles. The van der Waals surface area contributed by atoms with Crippen molar-refractivity contribution in [1.29, 1.82) is 0 Å². The van der Waals surface area contributed by atoms with E-state index in [4.69, 9.17) is 5.73 Å². The van der Waals surface area contributed by atoms with Crippen LogP contribution in [0.15, 0.2) is 12.2 Å². The summed E-state index contributed by atoms with van der Waals surface area (Å²) < 4.78 is 0. The summed E-state index contributed by atoms with van der Waals surface area (Å²) in [6, 6.07) is -0.0394. The van der Waals surface area contributed by atoms with Crippen molar-refractivity contribution in [3.8, 4) is 0 Å². The normalized spacial score (nSPS) is 30.7.